The van der Waals surface area contributed by atoms with Crippen LogP contribution in [0, 0.1) is 13.8 Å². The Morgan fingerprint density at radius 3 is 2.19 bits per heavy atom. The summed E-state index contributed by atoms with van der Waals surface area (Å²) in [5.74, 6) is 1.90. The molecule has 1 heterocycles. The molecule has 0 radical (unpaired) electrons. The quantitative estimate of drug-likeness (QED) is 0.825. The van der Waals surface area contributed by atoms with Crippen LogP contribution in [0.15, 0.2) is 29.2 Å². The van der Waals surface area contributed by atoms with E-state index in [-0.39, 0.29) is 0 Å². The van der Waals surface area contributed by atoms with Gasteiger partial charge in [-0.1, -0.05) is 19.1 Å². The molecule has 1 aromatic heterocycles. The van der Waals surface area contributed by atoms with Crippen molar-refractivity contribution in [1.82, 2.24) is 9.97 Å². The molecule has 0 atom stereocenters. The summed E-state index contributed by atoms with van der Waals surface area (Å²) in [6.45, 7) is 6.99. The smallest absolute Gasteiger partial charge is 0.159 e. The average Bonchev–Trinajstić information content (AvgIpc) is 2.47. The van der Waals surface area contributed by atoms with E-state index in [1.807, 2.05) is 11.8 Å². The zero-order valence-corrected chi connectivity index (χ0v) is 13.8. The summed E-state index contributed by atoms with van der Waals surface area (Å²) in [5, 5.41) is 0. The lowest BCUT2D eigenvalue weighted by Crippen LogP contribution is -2.06. The minimum Gasteiger partial charge on any atom is -0.330 e. The normalized spacial score (nSPS) is 10.9. The van der Waals surface area contributed by atoms with Crippen molar-refractivity contribution in [2.24, 2.45) is 5.73 Å². The highest BCUT2D eigenvalue weighted by Gasteiger charge is 2.09. The zero-order chi connectivity index (χ0) is 15.2. The Bertz CT molecular complexity index is 570. The highest BCUT2D eigenvalue weighted by atomic mass is 32.2. The van der Waals surface area contributed by atoms with E-state index in [9.17, 15) is 0 Å². The molecule has 0 fully saturated rings. The Labute approximate surface area is 131 Å². The molecule has 2 rings (SSSR count). The molecule has 4 heteroatoms. The number of thioether (sulfide) groups is 1. The lowest BCUT2D eigenvalue weighted by Gasteiger charge is -2.11. The van der Waals surface area contributed by atoms with Crippen LogP contribution in [0.25, 0.3) is 11.4 Å². The van der Waals surface area contributed by atoms with Crippen LogP contribution in [0.3, 0.4) is 0 Å². The van der Waals surface area contributed by atoms with Crippen molar-refractivity contribution in [3.05, 3.63) is 41.2 Å². The number of hydrogen-bond acceptors (Lipinski definition) is 4. The van der Waals surface area contributed by atoms with Crippen LogP contribution >= 0.6 is 11.8 Å². The standard InChI is InChI=1S/C17H23N3S/c1-4-21-15-9-7-14(8-10-15)17-19-12(2)16(6-5-11-18)13(3)20-17/h7-10H,4-6,11,18H2,1-3H3. The summed E-state index contributed by atoms with van der Waals surface area (Å²) in [5.41, 5.74) is 10.0. The van der Waals surface area contributed by atoms with Crippen LogP contribution in [0.2, 0.25) is 0 Å². The highest BCUT2D eigenvalue weighted by molar-refractivity contribution is 7.99. The lowest BCUT2D eigenvalue weighted by molar-refractivity contribution is 0.806. The Morgan fingerprint density at radius 1 is 1.05 bits per heavy atom. The zero-order valence-electron chi connectivity index (χ0n) is 13.0. The van der Waals surface area contributed by atoms with E-state index < -0.39 is 0 Å². The molecular formula is C17H23N3S. The lowest BCUT2D eigenvalue weighted by atomic mass is 10.1. The maximum absolute atomic E-state index is 5.59. The molecule has 0 aliphatic rings. The molecule has 21 heavy (non-hydrogen) atoms. The van der Waals surface area contributed by atoms with Crippen LogP contribution < -0.4 is 5.73 Å². The van der Waals surface area contributed by atoms with Crippen molar-refractivity contribution < 1.29 is 0 Å². The van der Waals surface area contributed by atoms with Crippen LogP contribution in [0.5, 0.6) is 0 Å². The van der Waals surface area contributed by atoms with E-state index in [1.54, 1.807) is 0 Å². The summed E-state index contributed by atoms with van der Waals surface area (Å²) in [6, 6.07) is 8.48. The van der Waals surface area contributed by atoms with Crippen LogP contribution in [-0.2, 0) is 6.42 Å². The van der Waals surface area contributed by atoms with E-state index in [2.05, 4.69) is 55.0 Å². The summed E-state index contributed by atoms with van der Waals surface area (Å²) in [6.07, 6.45) is 1.94. The van der Waals surface area contributed by atoms with Gasteiger partial charge < -0.3 is 5.73 Å². The minimum atomic E-state index is 0.706. The van der Waals surface area contributed by atoms with Crippen molar-refractivity contribution in [3.8, 4) is 11.4 Å². The molecule has 0 aliphatic carbocycles. The molecule has 0 bridgehead atoms. The maximum atomic E-state index is 5.59. The monoisotopic (exact) mass is 301 g/mol. The molecule has 0 saturated heterocycles. The van der Waals surface area contributed by atoms with Gasteiger partial charge in [0.1, 0.15) is 0 Å². The van der Waals surface area contributed by atoms with E-state index >= 15 is 0 Å². The third-order valence-corrected chi connectivity index (χ3v) is 4.37. The maximum Gasteiger partial charge on any atom is 0.159 e. The molecule has 0 aliphatic heterocycles. The van der Waals surface area contributed by atoms with Gasteiger partial charge in [-0.15, -0.1) is 11.8 Å². The first kappa shape index (κ1) is 16.0. The Morgan fingerprint density at radius 2 is 1.67 bits per heavy atom. The number of rotatable bonds is 6. The number of aryl methyl sites for hydroxylation is 2. The molecular weight excluding hydrogens is 278 g/mol. The molecule has 3 nitrogen and oxygen atoms in total. The predicted octanol–water partition coefficient (Wildman–Crippen LogP) is 3.76. The van der Waals surface area contributed by atoms with Gasteiger partial charge in [-0.25, -0.2) is 9.97 Å². The van der Waals surface area contributed by atoms with E-state index in [4.69, 9.17) is 5.73 Å². The number of nitrogens with two attached hydrogens (primary N) is 1. The molecule has 112 valence electrons. The Balaban J connectivity index is 2.28. The summed E-state index contributed by atoms with van der Waals surface area (Å²) in [7, 11) is 0. The number of aromatic nitrogens is 2. The van der Waals surface area contributed by atoms with Crippen LogP contribution in [0.4, 0.5) is 0 Å². The van der Waals surface area contributed by atoms with Crippen LogP contribution in [0.1, 0.15) is 30.3 Å². The summed E-state index contributed by atoms with van der Waals surface area (Å²) < 4.78 is 0. The first-order chi connectivity index (χ1) is 10.2. The summed E-state index contributed by atoms with van der Waals surface area (Å²) >= 11 is 1.84. The van der Waals surface area contributed by atoms with Gasteiger partial charge in [0.2, 0.25) is 0 Å². The number of benzene rings is 1. The van der Waals surface area contributed by atoms with Gasteiger partial charge >= 0.3 is 0 Å². The number of hydrogen-bond donors (Lipinski definition) is 1. The second-order valence-electron chi connectivity index (χ2n) is 5.05. The van der Waals surface area contributed by atoms with Gasteiger partial charge in [0, 0.05) is 21.8 Å². The summed E-state index contributed by atoms with van der Waals surface area (Å²) in [4.78, 5) is 10.6. The molecule has 0 unspecified atom stereocenters. The van der Waals surface area contributed by atoms with Crippen molar-refractivity contribution in [2.75, 3.05) is 12.3 Å². The van der Waals surface area contributed by atoms with Gasteiger partial charge in [-0.3, -0.25) is 0 Å². The first-order valence-corrected chi connectivity index (χ1v) is 8.41. The minimum absolute atomic E-state index is 0.706. The second-order valence-corrected chi connectivity index (χ2v) is 6.38. The highest BCUT2D eigenvalue weighted by Crippen LogP contribution is 2.23. The average molecular weight is 301 g/mol. The van der Waals surface area contributed by atoms with Crippen LogP contribution in [-0.4, -0.2) is 22.3 Å². The number of nitrogens with zero attached hydrogens (tertiary/aromatic N) is 2. The fraction of sp³-hybridized carbons (Fsp3) is 0.412. The Hall–Kier alpha value is -1.39. The molecule has 2 N–H and O–H groups in total. The van der Waals surface area contributed by atoms with Gasteiger partial charge in [-0.05, 0) is 56.7 Å². The van der Waals surface area contributed by atoms with Crippen molar-refractivity contribution in [1.29, 1.82) is 0 Å². The van der Waals surface area contributed by atoms with Gasteiger partial charge in [0.15, 0.2) is 5.82 Å². The third-order valence-electron chi connectivity index (χ3n) is 3.48. The van der Waals surface area contributed by atoms with Crippen molar-refractivity contribution >= 4 is 11.8 Å². The van der Waals surface area contributed by atoms with E-state index in [0.29, 0.717) is 6.54 Å². The van der Waals surface area contributed by atoms with E-state index in [0.717, 1.165) is 41.4 Å². The van der Waals surface area contributed by atoms with Crippen molar-refractivity contribution in [2.45, 2.75) is 38.5 Å². The van der Waals surface area contributed by atoms with Gasteiger partial charge in [-0.2, -0.15) is 0 Å². The van der Waals surface area contributed by atoms with Gasteiger partial charge in [0.25, 0.3) is 0 Å². The van der Waals surface area contributed by atoms with Crippen molar-refractivity contribution in [3.63, 3.8) is 0 Å². The Kier molecular flexibility index (Phi) is 5.76. The fourth-order valence-electron chi connectivity index (χ4n) is 2.38. The second kappa shape index (κ2) is 7.57. The molecule has 0 amide bonds. The van der Waals surface area contributed by atoms with E-state index in [1.165, 1.54) is 10.5 Å². The largest absolute Gasteiger partial charge is 0.330 e. The third kappa shape index (κ3) is 4.05. The SMILES string of the molecule is CCSc1ccc(-c2nc(C)c(CCCN)c(C)n2)cc1. The predicted molar refractivity (Wildman–Crippen MR) is 90.7 cm³/mol. The molecule has 2 aromatic rings. The fourth-order valence-corrected chi connectivity index (χ4v) is 3.04. The first-order valence-electron chi connectivity index (χ1n) is 7.43. The molecule has 0 saturated carbocycles. The topological polar surface area (TPSA) is 51.8 Å². The van der Waals surface area contributed by atoms with Gasteiger partial charge in [0.05, 0.1) is 0 Å². The molecule has 0 spiro atoms. The molecule has 1 aromatic carbocycles.